The minimum Gasteiger partial charge on any atom is -0.488 e. The molecule has 0 amide bonds. The van der Waals surface area contributed by atoms with E-state index in [2.05, 4.69) is 130 Å². The van der Waals surface area contributed by atoms with Crippen molar-refractivity contribution in [1.29, 1.82) is 0 Å². The molecule has 37 heavy (non-hydrogen) atoms. The predicted molar refractivity (Wildman–Crippen MR) is 153 cm³/mol. The van der Waals surface area contributed by atoms with Gasteiger partial charge < -0.3 is 4.74 Å². The van der Waals surface area contributed by atoms with Gasteiger partial charge in [-0.15, -0.1) is 0 Å². The third-order valence-corrected chi connectivity index (χ3v) is 6.66. The van der Waals surface area contributed by atoms with Crippen LogP contribution in [-0.4, -0.2) is 4.98 Å². The van der Waals surface area contributed by atoms with Crippen LogP contribution < -0.4 is 4.74 Å². The minimum atomic E-state index is -0.0732. The van der Waals surface area contributed by atoms with E-state index in [1.807, 2.05) is 18.2 Å². The van der Waals surface area contributed by atoms with Gasteiger partial charge >= 0.3 is 0 Å². The van der Waals surface area contributed by atoms with E-state index < -0.39 is 0 Å². The molecule has 0 N–H and O–H groups in total. The van der Waals surface area contributed by atoms with Gasteiger partial charge in [0.15, 0.2) is 0 Å². The lowest BCUT2D eigenvalue weighted by molar-refractivity contribution is 0.299. The van der Waals surface area contributed by atoms with Crippen LogP contribution in [0.1, 0.15) is 54.6 Å². The Hall–Kier alpha value is -4.17. The first-order chi connectivity index (χ1) is 18.0. The lowest BCUT2D eigenvalue weighted by Crippen LogP contribution is -2.14. The summed E-state index contributed by atoms with van der Waals surface area (Å²) in [6.45, 7) is 7.20. The van der Waals surface area contributed by atoms with Gasteiger partial charge in [-0.3, -0.25) is 4.98 Å². The van der Waals surface area contributed by atoms with Crippen molar-refractivity contribution in [3.63, 3.8) is 0 Å². The van der Waals surface area contributed by atoms with Crippen LogP contribution in [0.4, 0.5) is 0 Å². The molecular formula is C35H33NO. The fraction of sp³-hybridized carbons (Fsp3) is 0.171. The van der Waals surface area contributed by atoms with Crippen LogP contribution in [0.25, 0.3) is 11.3 Å². The van der Waals surface area contributed by atoms with Gasteiger partial charge in [0.1, 0.15) is 12.4 Å². The summed E-state index contributed by atoms with van der Waals surface area (Å²) in [5.41, 5.74) is 7.65. The molecule has 4 aromatic carbocycles. The van der Waals surface area contributed by atoms with Crippen molar-refractivity contribution in [3.8, 4) is 17.0 Å². The van der Waals surface area contributed by atoms with Crippen LogP contribution in [0.3, 0.4) is 0 Å². The summed E-state index contributed by atoms with van der Waals surface area (Å²) >= 11 is 0. The summed E-state index contributed by atoms with van der Waals surface area (Å²) in [5, 5.41) is 0. The van der Waals surface area contributed by atoms with E-state index >= 15 is 0 Å². The summed E-state index contributed by atoms with van der Waals surface area (Å²) < 4.78 is 6.56. The molecule has 0 aliphatic rings. The summed E-state index contributed by atoms with van der Waals surface area (Å²) in [5.74, 6) is 0.946. The van der Waals surface area contributed by atoms with Crippen molar-refractivity contribution in [3.05, 3.63) is 155 Å². The second-order valence-corrected chi connectivity index (χ2v) is 10.4. The molecule has 5 rings (SSSR count). The van der Waals surface area contributed by atoms with Gasteiger partial charge in [0.05, 0.1) is 17.3 Å². The average Bonchev–Trinajstić information content (AvgIpc) is 2.93. The fourth-order valence-corrected chi connectivity index (χ4v) is 4.80. The van der Waals surface area contributed by atoms with E-state index in [0.29, 0.717) is 6.61 Å². The van der Waals surface area contributed by atoms with Crippen molar-refractivity contribution in [1.82, 2.24) is 4.98 Å². The van der Waals surface area contributed by atoms with E-state index in [9.17, 15) is 0 Å². The molecule has 5 aromatic rings. The van der Waals surface area contributed by atoms with Gasteiger partial charge in [0.2, 0.25) is 0 Å². The zero-order valence-corrected chi connectivity index (χ0v) is 21.8. The van der Waals surface area contributed by atoms with Crippen LogP contribution >= 0.6 is 0 Å². The number of aromatic nitrogens is 1. The molecule has 0 atom stereocenters. The van der Waals surface area contributed by atoms with Gasteiger partial charge in [-0.25, -0.2) is 0 Å². The van der Waals surface area contributed by atoms with Crippen molar-refractivity contribution >= 4 is 0 Å². The van der Waals surface area contributed by atoms with Crippen molar-refractivity contribution in [2.75, 3.05) is 0 Å². The van der Waals surface area contributed by atoms with Crippen LogP contribution in [0, 0.1) is 0 Å². The van der Waals surface area contributed by atoms with E-state index in [1.165, 1.54) is 16.7 Å². The second kappa shape index (κ2) is 10.8. The maximum absolute atomic E-state index is 6.56. The average molecular weight is 484 g/mol. The Morgan fingerprint density at radius 3 is 1.78 bits per heavy atom. The number of hydrogen-bond acceptors (Lipinski definition) is 2. The normalized spacial score (nSPS) is 11.5. The van der Waals surface area contributed by atoms with Gasteiger partial charge in [-0.2, -0.15) is 0 Å². The second-order valence-electron chi connectivity index (χ2n) is 10.4. The van der Waals surface area contributed by atoms with Gasteiger partial charge in [0, 0.05) is 11.1 Å². The zero-order valence-electron chi connectivity index (χ0n) is 21.8. The van der Waals surface area contributed by atoms with E-state index in [0.717, 1.165) is 28.3 Å². The van der Waals surface area contributed by atoms with Gasteiger partial charge in [0.25, 0.3) is 0 Å². The van der Waals surface area contributed by atoms with Crippen LogP contribution in [0.15, 0.2) is 127 Å². The molecule has 0 unspecified atom stereocenters. The summed E-state index contributed by atoms with van der Waals surface area (Å²) in [7, 11) is 0. The molecule has 2 heteroatoms. The molecule has 1 heterocycles. The van der Waals surface area contributed by atoms with E-state index in [1.54, 1.807) is 0 Å². The first kappa shape index (κ1) is 24.5. The first-order valence-corrected chi connectivity index (χ1v) is 12.9. The maximum Gasteiger partial charge on any atom is 0.132 e. The highest BCUT2D eigenvalue weighted by Crippen LogP contribution is 2.40. The quantitative estimate of drug-likeness (QED) is 0.231. The molecule has 0 fully saturated rings. The smallest absolute Gasteiger partial charge is 0.132 e. The molecular weight excluding hydrogens is 450 g/mol. The summed E-state index contributed by atoms with van der Waals surface area (Å²) in [4.78, 5) is 5.25. The summed E-state index contributed by atoms with van der Waals surface area (Å²) in [6.07, 6.45) is 0. The number of pyridine rings is 1. The monoisotopic (exact) mass is 483 g/mol. The summed E-state index contributed by atoms with van der Waals surface area (Å²) in [6, 6.07) is 44.3. The highest BCUT2D eigenvalue weighted by Gasteiger charge is 2.24. The molecule has 0 aliphatic heterocycles. The van der Waals surface area contributed by atoms with Crippen LogP contribution in [0.5, 0.6) is 5.75 Å². The van der Waals surface area contributed by atoms with E-state index in [4.69, 9.17) is 9.72 Å². The third kappa shape index (κ3) is 5.65. The number of para-hydroxylation sites is 1. The third-order valence-electron chi connectivity index (χ3n) is 6.66. The molecule has 0 spiro atoms. The van der Waals surface area contributed by atoms with Crippen LogP contribution in [0.2, 0.25) is 0 Å². The lowest BCUT2D eigenvalue weighted by Gasteiger charge is -2.25. The van der Waals surface area contributed by atoms with Crippen LogP contribution in [-0.2, 0) is 12.0 Å². The van der Waals surface area contributed by atoms with Crippen molar-refractivity contribution in [2.24, 2.45) is 0 Å². The minimum absolute atomic E-state index is 0.0434. The molecule has 2 nitrogen and oxygen atoms in total. The van der Waals surface area contributed by atoms with E-state index in [-0.39, 0.29) is 11.3 Å². The topological polar surface area (TPSA) is 22.1 Å². The standard InChI is InChI=1S/C35H33NO/c1-35(2,3)30-22-13-21-29(34(30)37-25-26-15-7-4-8-16-26)31-23-14-24-32(36-31)33(27-17-9-5-10-18-27)28-19-11-6-12-20-28/h4-24,33H,25H2,1-3H3. The Balaban J connectivity index is 1.61. The number of benzene rings is 4. The molecule has 0 bridgehead atoms. The SMILES string of the molecule is CC(C)(C)c1cccc(-c2cccc(C(c3ccccc3)c3ccccc3)n2)c1OCc1ccccc1. The maximum atomic E-state index is 6.56. The largest absolute Gasteiger partial charge is 0.488 e. The number of ether oxygens (including phenoxy) is 1. The van der Waals surface area contributed by atoms with Crippen molar-refractivity contribution in [2.45, 2.75) is 38.7 Å². The number of rotatable bonds is 7. The van der Waals surface area contributed by atoms with Crippen molar-refractivity contribution < 1.29 is 4.74 Å². The predicted octanol–water partition coefficient (Wildman–Crippen LogP) is 8.81. The Morgan fingerprint density at radius 1 is 0.622 bits per heavy atom. The molecule has 0 saturated heterocycles. The van der Waals surface area contributed by atoms with Gasteiger partial charge in [-0.1, -0.05) is 130 Å². The fourth-order valence-electron chi connectivity index (χ4n) is 4.80. The highest BCUT2D eigenvalue weighted by atomic mass is 16.5. The molecule has 184 valence electrons. The molecule has 0 saturated carbocycles. The Kier molecular flexibility index (Phi) is 7.18. The Bertz CT molecular complexity index is 1400. The Labute approximate surface area is 220 Å². The Morgan fingerprint density at radius 2 is 1.19 bits per heavy atom. The number of nitrogens with zero attached hydrogens (tertiary/aromatic N) is 1. The molecule has 1 aromatic heterocycles. The molecule has 0 radical (unpaired) electrons. The lowest BCUT2D eigenvalue weighted by atomic mass is 9.84. The molecule has 0 aliphatic carbocycles. The van der Waals surface area contributed by atoms with Gasteiger partial charge in [-0.05, 0) is 40.3 Å². The zero-order chi connectivity index (χ0) is 25.7. The highest BCUT2D eigenvalue weighted by molar-refractivity contribution is 5.70. The number of hydrogen-bond donors (Lipinski definition) is 0. The first-order valence-electron chi connectivity index (χ1n) is 12.9.